The van der Waals surface area contributed by atoms with E-state index in [-0.39, 0.29) is 12.5 Å². The zero-order chi connectivity index (χ0) is 14.6. The van der Waals surface area contributed by atoms with Crippen LogP contribution in [0.2, 0.25) is 0 Å². The molecule has 0 bridgehead atoms. The first-order valence-corrected chi connectivity index (χ1v) is 8.18. The molecule has 0 aromatic carbocycles. The molecule has 0 fully saturated rings. The summed E-state index contributed by atoms with van der Waals surface area (Å²) in [6, 6.07) is 0. The number of amides is 1. The smallest absolute Gasteiger partial charge is 0.227 e. The van der Waals surface area contributed by atoms with Crippen molar-refractivity contribution in [2.75, 3.05) is 24.7 Å². The maximum absolute atomic E-state index is 11.6. The van der Waals surface area contributed by atoms with Crippen LogP contribution >= 0.6 is 11.8 Å². The lowest BCUT2D eigenvalue weighted by atomic mass is 10.3. The topological polar surface area (TPSA) is 88.2 Å². The fraction of sp³-hybridized carbons (Fsp3) is 0.769. The Balaban J connectivity index is 2.07. The highest BCUT2D eigenvalue weighted by Gasteiger charge is 2.08. The summed E-state index contributed by atoms with van der Waals surface area (Å²) in [6.45, 7) is 2.94. The molecule has 0 unspecified atom stereocenters. The molecule has 1 aromatic rings. The van der Waals surface area contributed by atoms with E-state index < -0.39 is 0 Å². The molecule has 0 saturated heterocycles. The van der Waals surface area contributed by atoms with Gasteiger partial charge in [-0.05, 0) is 18.6 Å². The van der Waals surface area contributed by atoms with E-state index >= 15 is 0 Å². The van der Waals surface area contributed by atoms with Crippen LogP contribution in [0.4, 0.5) is 0 Å². The number of thioether (sulfide) groups is 1. The van der Waals surface area contributed by atoms with Crippen molar-refractivity contribution in [2.45, 2.75) is 39.0 Å². The van der Waals surface area contributed by atoms with E-state index in [0.29, 0.717) is 31.1 Å². The van der Waals surface area contributed by atoms with Gasteiger partial charge in [0.1, 0.15) is 0 Å². The summed E-state index contributed by atoms with van der Waals surface area (Å²) in [5.41, 5.74) is 0. The van der Waals surface area contributed by atoms with E-state index in [4.69, 9.17) is 9.63 Å². The quantitative estimate of drug-likeness (QED) is 0.597. The van der Waals surface area contributed by atoms with E-state index in [1.165, 1.54) is 0 Å². The molecular weight excluding hydrogens is 278 g/mol. The van der Waals surface area contributed by atoms with Crippen molar-refractivity contribution in [3.63, 3.8) is 0 Å². The van der Waals surface area contributed by atoms with Gasteiger partial charge in [0.2, 0.25) is 11.8 Å². The summed E-state index contributed by atoms with van der Waals surface area (Å²) in [5.74, 6) is 3.04. The third-order valence-corrected chi connectivity index (χ3v) is 3.64. The average molecular weight is 301 g/mol. The Hall–Kier alpha value is -1.08. The van der Waals surface area contributed by atoms with Crippen molar-refractivity contribution < 1.29 is 14.4 Å². The Morgan fingerprint density at radius 1 is 1.40 bits per heavy atom. The van der Waals surface area contributed by atoms with E-state index in [9.17, 15) is 4.79 Å². The predicted octanol–water partition coefficient (Wildman–Crippen LogP) is 1.19. The van der Waals surface area contributed by atoms with Crippen LogP contribution in [0.1, 0.15) is 37.9 Å². The summed E-state index contributed by atoms with van der Waals surface area (Å²) in [5, 5.41) is 15.3. The molecule has 114 valence electrons. The van der Waals surface area contributed by atoms with E-state index in [1.807, 2.05) is 0 Å². The van der Waals surface area contributed by atoms with Gasteiger partial charge in [-0.3, -0.25) is 4.79 Å². The molecule has 7 heteroatoms. The van der Waals surface area contributed by atoms with Crippen LogP contribution in [-0.2, 0) is 17.6 Å². The minimum Gasteiger partial charge on any atom is -0.396 e. The summed E-state index contributed by atoms with van der Waals surface area (Å²) >= 11 is 1.73. The third kappa shape index (κ3) is 7.49. The van der Waals surface area contributed by atoms with Gasteiger partial charge in [-0.15, -0.1) is 0 Å². The molecule has 0 saturated carbocycles. The van der Waals surface area contributed by atoms with Crippen molar-refractivity contribution in [2.24, 2.45) is 0 Å². The van der Waals surface area contributed by atoms with Crippen LogP contribution in [0.3, 0.4) is 0 Å². The molecule has 0 radical (unpaired) electrons. The van der Waals surface area contributed by atoms with Crippen LogP contribution in [0.15, 0.2) is 4.52 Å². The lowest BCUT2D eigenvalue weighted by Gasteiger charge is -2.03. The molecule has 0 spiro atoms. The largest absolute Gasteiger partial charge is 0.396 e. The number of rotatable bonds is 11. The standard InChI is InChI=1S/C13H23N3O3S/c1-2-4-11-15-13(19-16-11)6-5-12(18)14-7-10-20-9-3-8-17/h17H,2-10H2,1H3,(H,14,18). The maximum atomic E-state index is 11.6. The number of carbonyl (C=O) groups is 1. The van der Waals surface area contributed by atoms with Gasteiger partial charge >= 0.3 is 0 Å². The first-order chi connectivity index (χ1) is 9.76. The molecule has 6 nitrogen and oxygen atoms in total. The number of nitrogens with zero attached hydrogens (tertiary/aromatic N) is 2. The van der Waals surface area contributed by atoms with Gasteiger partial charge in [0.05, 0.1) is 0 Å². The second-order valence-corrected chi connectivity index (χ2v) is 5.62. The zero-order valence-electron chi connectivity index (χ0n) is 11.9. The van der Waals surface area contributed by atoms with Crippen molar-refractivity contribution in [3.8, 4) is 0 Å². The van der Waals surface area contributed by atoms with E-state index in [0.717, 1.165) is 30.8 Å². The number of aliphatic hydroxyl groups excluding tert-OH is 1. The second kappa shape index (κ2) is 10.7. The highest BCUT2D eigenvalue weighted by atomic mass is 32.2. The monoisotopic (exact) mass is 301 g/mol. The number of aromatic nitrogens is 2. The molecule has 0 aliphatic rings. The lowest BCUT2D eigenvalue weighted by molar-refractivity contribution is -0.121. The van der Waals surface area contributed by atoms with Crippen LogP contribution in [0.5, 0.6) is 0 Å². The number of aryl methyl sites for hydroxylation is 2. The van der Waals surface area contributed by atoms with Crippen LogP contribution < -0.4 is 5.32 Å². The third-order valence-electron chi connectivity index (χ3n) is 2.57. The molecule has 0 atom stereocenters. The SMILES string of the molecule is CCCc1noc(CCC(=O)NCCSCCCO)n1. The minimum atomic E-state index is 0.00278. The first-order valence-electron chi connectivity index (χ1n) is 7.03. The Morgan fingerprint density at radius 3 is 3.00 bits per heavy atom. The highest BCUT2D eigenvalue weighted by Crippen LogP contribution is 2.03. The number of aliphatic hydroxyl groups is 1. The number of nitrogens with one attached hydrogen (secondary N) is 1. The van der Waals surface area contributed by atoms with Gasteiger partial charge in [-0.1, -0.05) is 12.1 Å². The maximum Gasteiger partial charge on any atom is 0.227 e. The van der Waals surface area contributed by atoms with Gasteiger partial charge in [0, 0.05) is 38.2 Å². The Labute approximate surface area is 123 Å². The number of hydrogen-bond donors (Lipinski definition) is 2. The van der Waals surface area contributed by atoms with Crippen molar-refractivity contribution >= 4 is 17.7 Å². The summed E-state index contributed by atoms with van der Waals surface area (Å²) in [4.78, 5) is 15.8. The van der Waals surface area contributed by atoms with Crippen LogP contribution in [-0.4, -0.2) is 45.8 Å². The van der Waals surface area contributed by atoms with E-state index in [1.54, 1.807) is 11.8 Å². The molecular formula is C13H23N3O3S. The van der Waals surface area contributed by atoms with Crippen molar-refractivity contribution in [1.82, 2.24) is 15.5 Å². The Kier molecular flexibility index (Phi) is 9.06. The summed E-state index contributed by atoms with van der Waals surface area (Å²) in [6.07, 6.45) is 3.44. The normalized spacial score (nSPS) is 10.7. The lowest BCUT2D eigenvalue weighted by Crippen LogP contribution is -2.26. The molecule has 1 rings (SSSR count). The molecule has 0 aliphatic carbocycles. The Bertz CT molecular complexity index is 385. The molecule has 20 heavy (non-hydrogen) atoms. The molecule has 1 amide bonds. The molecule has 1 heterocycles. The molecule has 2 N–H and O–H groups in total. The molecule has 0 aliphatic heterocycles. The zero-order valence-corrected chi connectivity index (χ0v) is 12.7. The number of carbonyl (C=O) groups excluding carboxylic acids is 1. The second-order valence-electron chi connectivity index (χ2n) is 4.39. The number of hydrogen-bond acceptors (Lipinski definition) is 6. The van der Waals surface area contributed by atoms with Gasteiger partial charge in [-0.25, -0.2) is 0 Å². The fourth-order valence-electron chi connectivity index (χ4n) is 1.56. The van der Waals surface area contributed by atoms with Gasteiger partial charge in [-0.2, -0.15) is 16.7 Å². The van der Waals surface area contributed by atoms with Gasteiger partial charge in [0.15, 0.2) is 5.82 Å². The van der Waals surface area contributed by atoms with E-state index in [2.05, 4.69) is 22.4 Å². The van der Waals surface area contributed by atoms with Crippen molar-refractivity contribution in [3.05, 3.63) is 11.7 Å². The average Bonchev–Trinajstić information content (AvgIpc) is 2.88. The van der Waals surface area contributed by atoms with Crippen LogP contribution in [0.25, 0.3) is 0 Å². The van der Waals surface area contributed by atoms with Gasteiger partial charge < -0.3 is 14.9 Å². The van der Waals surface area contributed by atoms with Crippen LogP contribution in [0, 0.1) is 0 Å². The van der Waals surface area contributed by atoms with Gasteiger partial charge in [0.25, 0.3) is 0 Å². The Morgan fingerprint density at radius 2 is 2.25 bits per heavy atom. The fourth-order valence-corrected chi connectivity index (χ4v) is 2.34. The molecule has 1 aromatic heterocycles. The minimum absolute atomic E-state index is 0.00278. The highest BCUT2D eigenvalue weighted by molar-refractivity contribution is 7.99. The first kappa shape index (κ1) is 17.0. The summed E-state index contributed by atoms with van der Waals surface area (Å²) < 4.78 is 5.07. The van der Waals surface area contributed by atoms with Crippen molar-refractivity contribution in [1.29, 1.82) is 0 Å². The summed E-state index contributed by atoms with van der Waals surface area (Å²) in [7, 11) is 0. The predicted molar refractivity (Wildman–Crippen MR) is 78.7 cm³/mol.